The molecule has 1 aromatic heterocycles. The molecule has 0 amide bonds. The summed E-state index contributed by atoms with van der Waals surface area (Å²) in [6, 6.07) is 8.90. The first-order chi connectivity index (χ1) is 12.8. The highest BCUT2D eigenvalue weighted by molar-refractivity contribution is 5.72. The van der Waals surface area contributed by atoms with Crippen LogP contribution < -0.4 is 5.76 Å². The van der Waals surface area contributed by atoms with E-state index in [1.807, 2.05) is 28.8 Å². The Morgan fingerprint density at radius 3 is 2.46 bits per heavy atom. The van der Waals surface area contributed by atoms with Crippen LogP contribution in [-0.4, -0.2) is 28.6 Å². The maximum absolute atomic E-state index is 12.4. The number of para-hydroxylation sites is 2. The van der Waals surface area contributed by atoms with Gasteiger partial charge in [-0.15, -0.1) is 0 Å². The number of nitrogens with zero attached hydrogens (tertiary/aromatic N) is 2. The lowest BCUT2D eigenvalue weighted by atomic mass is 9.69. The lowest BCUT2D eigenvalue weighted by Gasteiger charge is -2.45. The highest BCUT2D eigenvalue weighted by Gasteiger charge is 2.36. The van der Waals surface area contributed by atoms with Gasteiger partial charge in [-0.05, 0) is 56.1 Å². The summed E-state index contributed by atoms with van der Waals surface area (Å²) in [5.74, 6) is 1.82. The maximum Gasteiger partial charge on any atom is 0.420 e. The van der Waals surface area contributed by atoms with Crippen molar-refractivity contribution in [2.24, 2.45) is 11.8 Å². The number of fused-ring (bicyclic) bond motifs is 2. The van der Waals surface area contributed by atoms with E-state index in [0.29, 0.717) is 0 Å². The second-order valence-electron chi connectivity index (χ2n) is 8.74. The van der Waals surface area contributed by atoms with E-state index in [1.54, 1.807) is 0 Å². The minimum atomic E-state index is -0.188. The summed E-state index contributed by atoms with van der Waals surface area (Å²) < 4.78 is 7.36. The van der Waals surface area contributed by atoms with Gasteiger partial charge in [0.2, 0.25) is 0 Å². The SMILES string of the molecule is O=c1oc2ccccc2n1C1CCN(C2CCC3CCCCC3C2)CC1. The summed E-state index contributed by atoms with van der Waals surface area (Å²) in [7, 11) is 0. The van der Waals surface area contributed by atoms with Crippen LogP contribution in [0.25, 0.3) is 11.1 Å². The van der Waals surface area contributed by atoms with Crippen LogP contribution in [0.15, 0.2) is 33.5 Å². The summed E-state index contributed by atoms with van der Waals surface area (Å²) in [6.45, 7) is 2.25. The molecule has 3 unspecified atom stereocenters. The van der Waals surface area contributed by atoms with Gasteiger partial charge in [-0.3, -0.25) is 4.57 Å². The molecular formula is C22H30N2O2. The van der Waals surface area contributed by atoms with E-state index in [0.717, 1.165) is 54.9 Å². The Bertz CT molecular complexity index is 815. The zero-order valence-corrected chi connectivity index (χ0v) is 15.6. The number of hydrogen-bond acceptors (Lipinski definition) is 3. The first-order valence-electron chi connectivity index (χ1n) is 10.6. The minimum absolute atomic E-state index is 0.188. The van der Waals surface area contributed by atoms with Crippen LogP contribution in [-0.2, 0) is 0 Å². The van der Waals surface area contributed by atoms with Gasteiger partial charge in [0.1, 0.15) is 0 Å². The molecule has 0 spiro atoms. The minimum Gasteiger partial charge on any atom is -0.408 e. The standard InChI is InChI=1S/C22H30N2O2/c25-22-24(20-7-3-4-8-21(20)26-22)18-11-13-23(14-12-18)19-10-9-16-5-1-2-6-17(16)15-19/h3-4,7-8,16-19H,1-2,5-6,9-15H2. The first-order valence-corrected chi connectivity index (χ1v) is 10.6. The number of rotatable bonds is 2. The Labute approximate surface area is 155 Å². The molecule has 5 rings (SSSR count). The normalized spacial score (nSPS) is 31.2. The summed E-state index contributed by atoms with van der Waals surface area (Å²) in [5.41, 5.74) is 1.68. The fourth-order valence-corrected chi connectivity index (χ4v) is 6.02. The average molecular weight is 354 g/mol. The molecule has 1 saturated heterocycles. The van der Waals surface area contributed by atoms with E-state index in [1.165, 1.54) is 44.9 Å². The second kappa shape index (κ2) is 6.88. The molecule has 0 N–H and O–H groups in total. The molecule has 2 saturated carbocycles. The third kappa shape index (κ3) is 2.92. The monoisotopic (exact) mass is 354 g/mol. The molecule has 3 aliphatic rings. The van der Waals surface area contributed by atoms with Crippen LogP contribution in [0.5, 0.6) is 0 Å². The molecule has 0 radical (unpaired) electrons. The van der Waals surface area contributed by atoms with Gasteiger partial charge in [0.05, 0.1) is 5.52 Å². The molecule has 0 bridgehead atoms. The molecule has 2 aliphatic carbocycles. The van der Waals surface area contributed by atoms with Gasteiger partial charge in [-0.25, -0.2) is 4.79 Å². The van der Waals surface area contributed by atoms with Gasteiger partial charge in [-0.1, -0.05) is 37.8 Å². The lowest BCUT2D eigenvalue weighted by molar-refractivity contribution is 0.0531. The fourth-order valence-electron chi connectivity index (χ4n) is 6.02. The van der Waals surface area contributed by atoms with Crippen molar-refractivity contribution >= 4 is 11.1 Å². The Balaban J connectivity index is 1.26. The molecular weight excluding hydrogens is 324 g/mol. The van der Waals surface area contributed by atoms with Gasteiger partial charge in [0, 0.05) is 25.2 Å². The predicted octanol–water partition coefficient (Wildman–Crippen LogP) is 4.59. The number of benzene rings is 1. The molecule has 140 valence electrons. The molecule has 26 heavy (non-hydrogen) atoms. The molecule has 4 heteroatoms. The first kappa shape index (κ1) is 16.6. The van der Waals surface area contributed by atoms with Crippen molar-refractivity contribution in [1.82, 2.24) is 9.47 Å². The van der Waals surface area contributed by atoms with Crippen molar-refractivity contribution in [1.29, 1.82) is 0 Å². The van der Waals surface area contributed by atoms with Crippen molar-refractivity contribution in [3.8, 4) is 0 Å². The summed E-state index contributed by atoms with van der Waals surface area (Å²) >= 11 is 0. The number of aromatic nitrogens is 1. The highest BCUT2D eigenvalue weighted by atomic mass is 16.4. The molecule has 1 aromatic carbocycles. The second-order valence-corrected chi connectivity index (χ2v) is 8.74. The van der Waals surface area contributed by atoms with Crippen molar-refractivity contribution in [2.75, 3.05) is 13.1 Å². The van der Waals surface area contributed by atoms with Crippen LogP contribution in [0.4, 0.5) is 0 Å². The van der Waals surface area contributed by atoms with E-state index < -0.39 is 0 Å². The van der Waals surface area contributed by atoms with E-state index in [-0.39, 0.29) is 11.8 Å². The van der Waals surface area contributed by atoms with Crippen LogP contribution in [0.2, 0.25) is 0 Å². The number of oxazole rings is 1. The fraction of sp³-hybridized carbons (Fsp3) is 0.682. The van der Waals surface area contributed by atoms with Crippen LogP contribution >= 0.6 is 0 Å². The smallest absolute Gasteiger partial charge is 0.408 e. The highest BCUT2D eigenvalue weighted by Crippen LogP contribution is 2.42. The topological polar surface area (TPSA) is 38.4 Å². The summed E-state index contributed by atoms with van der Waals surface area (Å²) in [4.78, 5) is 15.1. The Kier molecular flexibility index (Phi) is 4.39. The third-order valence-electron chi connectivity index (χ3n) is 7.41. The third-order valence-corrected chi connectivity index (χ3v) is 7.41. The van der Waals surface area contributed by atoms with Crippen molar-refractivity contribution in [3.63, 3.8) is 0 Å². The number of hydrogen-bond donors (Lipinski definition) is 0. The molecule has 2 heterocycles. The van der Waals surface area contributed by atoms with Gasteiger partial charge in [0.25, 0.3) is 0 Å². The van der Waals surface area contributed by atoms with Crippen LogP contribution in [0.1, 0.15) is 63.8 Å². The average Bonchev–Trinajstić information content (AvgIpc) is 3.03. The van der Waals surface area contributed by atoms with Crippen molar-refractivity contribution in [2.45, 2.75) is 69.9 Å². The molecule has 2 aromatic rings. The van der Waals surface area contributed by atoms with E-state index in [9.17, 15) is 4.79 Å². The van der Waals surface area contributed by atoms with Gasteiger partial charge >= 0.3 is 5.76 Å². The van der Waals surface area contributed by atoms with Crippen molar-refractivity contribution in [3.05, 3.63) is 34.8 Å². The lowest BCUT2D eigenvalue weighted by Crippen LogP contribution is -2.46. The number of likely N-dealkylation sites (tertiary alicyclic amines) is 1. The molecule has 3 atom stereocenters. The van der Waals surface area contributed by atoms with Crippen LogP contribution in [0, 0.1) is 11.8 Å². The molecule has 4 nitrogen and oxygen atoms in total. The van der Waals surface area contributed by atoms with E-state index in [4.69, 9.17) is 4.42 Å². The summed E-state index contributed by atoms with van der Waals surface area (Å²) in [5, 5.41) is 0. The zero-order chi connectivity index (χ0) is 17.5. The molecule has 3 fully saturated rings. The quantitative estimate of drug-likeness (QED) is 0.792. The Morgan fingerprint density at radius 1 is 0.846 bits per heavy atom. The summed E-state index contributed by atoms with van der Waals surface area (Å²) in [6.07, 6.45) is 12.2. The van der Waals surface area contributed by atoms with Gasteiger partial charge in [0.15, 0.2) is 5.58 Å². The van der Waals surface area contributed by atoms with Gasteiger partial charge in [-0.2, -0.15) is 0 Å². The predicted molar refractivity (Wildman–Crippen MR) is 103 cm³/mol. The molecule has 1 aliphatic heterocycles. The van der Waals surface area contributed by atoms with E-state index in [2.05, 4.69) is 4.90 Å². The van der Waals surface area contributed by atoms with Crippen molar-refractivity contribution < 1.29 is 4.42 Å². The Morgan fingerprint density at radius 2 is 1.62 bits per heavy atom. The maximum atomic E-state index is 12.4. The number of piperidine rings is 1. The largest absolute Gasteiger partial charge is 0.420 e. The van der Waals surface area contributed by atoms with Gasteiger partial charge < -0.3 is 9.32 Å². The van der Waals surface area contributed by atoms with E-state index >= 15 is 0 Å². The van der Waals surface area contributed by atoms with Crippen LogP contribution in [0.3, 0.4) is 0 Å². The Hall–Kier alpha value is -1.55. The zero-order valence-electron chi connectivity index (χ0n) is 15.6.